The first kappa shape index (κ1) is 20.5. The molecule has 1 aliphatic rings. The van der Waals surface area contributed by atoms with Crippen molar-refractivity contribution in [2.45, 2.75) is 6.04 Å². The van der Waals surface area contributed by atoms with Crippen LogP contribution >= 0.6 is 27.3 Å². The summed E-state index contributed by atoms with van der Waals surface area (Å²) >= 11 is 4.94. The second kappa shape index (κ2) is 9.02. The third-order valence-corrected chi connectivity index (χ3v) is 6.59. The molecule has 2 heterocycles. The smallest absolute Gasteiger partial charge is 0.268 e. The Kier molecular flexibility index (Phi) is 5.79. The van der Waals surface area contributed by atoms with Gasteiger partial charge in [-0.25, -0.2) is 0 Å². The molecule has 0 fully saturated rings. The molecule has 6 heteroatoms. The molecule has 156 valence electrons. The van der Waals surface area contributed by atoms with Gasteiger partial charge in [0.15, 0.2) is 0 Å². The molecule has 1 aliphatic heterocycles. The maximum Gasteiger partial charge on any atom is 0.271 e. The van der Waals surface area contributed by atoms with Gasteiger partial charge in [0, 0.05) is 10.0 Å². The zero-order valence-electron chi connectivity index (χ0n) is 16.9. The fraction of sp³-hybridized carbons (Fsp3) is 0.0385. The number of thiazole rings is 1. The van der Waals surface area contributed by atoms with Gasteiger partial charge < -0.3 is 0 Å². The summed E-state index contributed by atoms with van der Waals surface area (Å²) in [6.45, 7) is 0. The van der Waals surface area contributed by atoms with Crippen LogP contribution in [0, 0.1) is 0 Å². The number of fused-ring (bicyclic) bond motifs is 1. The monoisotopic (exact) mass is 499 g/mol. The number of aromatic nitrogens is 1. The van der Waals surface area contributed by atoms with Gasteiger partial charge in [-0.1, -0.05) is 118 Å². The molecule has 0 N–H and O–H groups in total. The molecule has 4 nitrogen and oxygen atoms in total. The zero-order valence-corrected chi connectivity index (χ0v) is 19.3. The van der Waals surface area contributed by atoms with Gasteiger partial charge in [-0.3, -0.25) is 9.36 Å². The van der Waals surface area contributed by atoms with Crippen LogP contribution in [-0.4, -0.2) is 10.3 Å². The van der Waals surface area contributed by atoms with Crippen molar-refractivity contribution in [2.75, 3.05) is 0 Å². The summed E-state index contributed by atoms with van der Waals surface area (Å²) in [4.78, 5) is 14.1. The molecule has 0 aliphatic carbocycles. The minimum Gasteiger partial charge on any atom is -0.268 e. The predicted molar refractivity (Wildman–Crippen MR) is 135 cm³/mol. The van der Waals surface area contributed by atoms with Crippen molar-refractivity contribution in [3.05, 3.63) is 132 Å². The molecule has 0 bridgehead atoms. The van der Waals surface area contributed by atoms with Crippen LogP contribution in [0.3, 0.4) is 0 Å². The maximum absolute atomic E-state index is 13.5. The summed E-state index contributed by atoms with van der Waals surface area (Å²) in [6, 6.07) is 29.5. The van der Waals surface area contributed by atoms with Crippen LogP contribution in [0.25, 0.3) is 12.2 Å². The van der Waals surface area contributed by atoms with E-state index in [-0.39, 0.29) is 11.6 Å². The number of hydrogen-bond acceptors (Lipinski definition) is 4. The van der Waals surface area contributed by atoms with Crippen molar-refractivity contribution in [1.29, 1.82) is 0 Å². The van der Waals surface area contributed by atoms with Gasteiger partial charge in [-0.2, -0.15) is 0 Å². The highest BCUT2D eigenvalue weighted by atomic mass is 79.9. The van der Waals surface area contributed by atoms with E-state index in [0.29, 0.717) is 9.33 Å². The first-order chi connectivity index (χ1) is 15.7. The van der Waals surface area contributed by atoms with E-state index in [1.807, 2.05) is 103 Å². The lowest BCUT2D eigenvalue weighted by molar-refractivity contribution is 0.657. The van der Waals surface area contributed by atoms with Crippen molar-refractivity contribution < 1.29 is 0 Å². The summed E-state index contributed by atoms with van der Waals surface area (Å²) in [5.41, 5.74) is 3.68. The molecule has 0 saturated heterocycles. The predicted octanol–water partition coefficient (Wildman–Crippen LogP) is 4.75. The summed E-state index contributed by atoms with van der Waals surface area (Å²) < 4.78 is 3.18. The Bertz CT molecular complexity index is 1490. The largest absolute Gasteiger partial charge is 0.271 e. The van der Waals surface area contributed by atoms with Gasteiger partial charge in [0.1, 0.15) is 6.04 Å². The van der Waals surface area contributed by atoms with Gasteiger partial charge >= 0.3 is 0 Å². The molecular weight excluding hydrogens is 482 g/mol. The highest BCUT2D eigenvalue weighted by molar-refractivity contribution is 9.12. The van der Waals surface area contributed by atoms with Crippen LogP contribution < -0.4 is 14.9 Å². The van der Waals surface area contributed by atoms with Crippen molar-refractivity contribution in [3.8, 4) is 0 Å². The van der Waals surface area contributed by atoms with E-state index >= 15 is 0 Å². The third kappa shape index (κ3) is 4.07. The van der Waals surface area contributed by atoms with E-state index in [1.165, 1.54) is 11.3 Å². The number of benzene rings is 3. The molecule has 0 radical (unpaired) electrons. The third-order valence-electron chi connectivity index (χ3n) is 5.16. The minimum absolute atomic E-state index is 0.0793. The molecule has 0 amide bonds. The van der Waals surface area contributed by atoms with Gasteiger partial charge in [0.25, 0.3) is 5.56 Å². The lowest BCUT2D eigenvalue weighted by atomic mass is 9.96. The Morgan fingerprint density at radius 1 is 0.875 bits per heavy atom. The highest BCUT2D eigenvalue weighted by Crippen LogP contribution is 2.24. The highest BCUT2D eigenvalue weighted by Gasteiger charge is 2.28. The second-order valence-corrected chi connectivity index (χ2v) is 9.20. The fourth-order valence-corrected chi connectivity index (χ4v) is 5.28. The van der Waals surface area contributed by atoms with E-state index in [9.17, 15) is 4.79 Å². The van der Waals surface area contributed by atoms with Crippen molar-refractivity contribution in [3.63, 3.8) is 0 Å². The molecule has 3 aromatic carbocycles. The first-order valence-electron chi connectivity index (χ1n) is 10.1. The second-order valence-electron chi connectivity index (χ2n) is 7.27. The Morgan fingerprint density at radius 3 is 2.19 bits per heavy atom. The van der Waals surface area contributed by atoms with Crippen molar-refractivity contribution in [2.24, 2.45) is 10.2 Å². The molecule has 1 atom stereocenters. The lowest BCUT2D eigenvalue weighted by Crippen LogP contribution is -2.40. The number of halogens is 1. The standard InChI is InChI=1S/C26H18BrN3OS/c27-21(16-18-10-4-1-5-11-18)17-22-25(31)30-24(20-14-8-3-9-15-20)23(28-29-26(30)32-22)19-12-6-2-7-13-19/h1-17,24H. The van der Waals surface area contributed by atoms with E-state index < -0.39 is 0 Å². The normalized spacial score (nSPS) is 16.3. The van der Waals surface area contributed by atoms with Crippen LogP contribution in [0.4, 0.5) is 0 Å². The van der Waals surface area contributed by atoms with Gasteiger partial charge in [-0.15, -0.1) is 10.2 Å². The van der Waals surface area contributed by atoms with E-state index in [0.717, 1.165) is 26.9 Å². The number of rotatable bonds is 4. The van der Waals surface area contributed by atoms with Crippen LogP contribution in [0.2, 0.25) is 0 Å². The molecule has 32 heavy (non-hydrogen) atoms. The van der Waals surface area contributed by atoms with E-state index in [4.69, 9.17) is 0 Å². The average molecular weight is 500 g/mol. The molecule has 0 spiro atoms. The van der Waals surface area contributed by atoms with Gasteiger partial charge in [-0.05, 0) is 23.3 Å². The topological polar surface area (TPSA) is 46.7 Å². The van der Waals surface area contributed by atoms with Crippen molar-refractivity contribution in [1.82, 2.24) is 4.57 Å². The van der Waals surface area contributed by atoms with Crippen LogP contribution in [0.1, 0.15) is 22.7 Å². The Labute approximate surface area is 197 Å². The number of nitrogens with zero attached hydrogens (tertiary/aromatic N) is 3. The van der Waals surface area contributed by atoms with Crippen molar-refractivity contribution >= 4 is 45.1 Å². The zero-order chi connectivity index (χ0) is 21.9. The molecule has 5 rings (SSSR count). The molecule has 1 unspecified atom stereocenters. The average Bonchev–Trinajstić information content (AvgIpc) is 3.15. The van der Waals surface area contributed by atoms with Gasteiger partial charge in [0.2, 0.25) is 4.80 Å². The summed E-state index contributed by atoms with van der Waals surface area (Å²) in [7, 11) is 0. The molecular formula is C26H18BrN3OS. The van der Waals surface area contributed by atoms with Crippen LogP contribution in [0.5, 0.6) is 0 Å². The van der Waals surface area contributed by atoms with E-state index in [1.54, 1.807) is 4.57 Å². The molecule has 0 saturated carbocycles. The maximum atomic E-state index is 13.5. The number of allylic oxidation sites excluding steroid dienone is 1. The summed E-state index contributed by atoms with van der Waals surface area (Å²) in [5.74, 6) is 0. The summed E-state index contributed by atoms with van der Waals surface area (Å²) in [6.07, 6.45) is 3.84. The molecule has 4 aromatic rings. The van der Waals surface area contributed by atoms with Crippen LogP contribution in [-0.2, 0) is 0 Å². The lowest BCUT2D eigenvalue weighted by Gasteiger charge is -2.22. The number of hydrogen-bond donors (Lipinski definition) is 0. The fourth-order valence-electron chi connectivity index (χ4n) is 3.70. The summed E-state index contributed by atoms with van der Waals surface area (Å²) in [5, 5.41) is 8.97. The molecule has 1 aromatic heterocycles. The Balaban J connectivity index is 1.66. The first-order valence-corrected chi connectivity index (χ1v) is 11.7. The minimum atomic E-state index is -0.339. The SMILES string of the molecule is O=c1c(=CC(Br)=Cc2ccccc2)sc2n1C(c1ccccc1)C(c1ccccc1)=NN=2. The van der Waals surface area contributed by atoms with E-state index in [2.05, 4.69) is 26.1 Å². The van der Waals surface area contributed by atoms with Crippen LogP contribution in [0.15, 0.2) is 110 Å². The quantitative estimate of drug-likeness (QED) is 0.399. The Morgan fingerprint density at radius 2 is 1.50 bits per heavy atom. The Hall–Kier alpha value is -3.35. The van der Waals surface area contributed by atoms with Gasteiger partial charge in [0.05, 0.1) is 10.2 Å².